The molecule has 1 aromatic carbocycles. The molecule has 1 N–H and O–H groups in total. The van der Waals surface area contributed by atoms with Crippen molar-refractivity contribution in [1.82, 2.24) is 15.0 Å². The van der Waals surface area contributed by atoms with Crippen LogP contribution in [-0.4, -0.2) is 15.0 Å². The Morgan fingerprint density at radius 1 is 1.00 bits per heavy atom. The van der Waals surface area contributed by atoms with Crippen LogP contribution in [0.25, 0.3) is 22.5 Å². The van der Waals surface area contributed by atoms with Crippen LogP contribution >= 0.6 is 12.4 Å². The second kappa shape index (κ2) is 6.84. The van der Waals surface area contributed by atoms with E-state index < -0.39 is 17.3 Å². The summed E-state index contributed by atoms with van der Waals surface area (Å²) in [7, 11) is 0. The Labute approximate surface area is 140 Å². The third-order valence-electron chi connectivity index (χ3n) is 3.25. The number of H-pyrrole nitrogens is 1. The summed E-state index contributed by atoms with van der Waals surface area (Å²) in [6.45, 7) is 0. The average molecular weight is 354 g/mol. The number of hydrogen-bond acceptors (Lipinski definition) is 3. The van der Waals surface area contributed by atoms with Gasteiger partial charge < -0.3 is 4.98 Å². The van der Waals surface area contributed by atoms with Crippen LogP contribution < -0.4 is 5.56 Å². The monoisotopic (exact) mass is 353 g/mol. The normalized spacial score (nSPS) is 11.0. The maximum absolute atomic E-state index is 12.8. The van der Waals surface area contributed by atoms with E-state index >= 15 is 0 Å². The zero-order valence-corrected chi connectivity index (χ0v) is 12.9. The fourth-order valence-electron chi connectivity index (χ4n) is 2.12. The number of aromatic amines is 1. The molecule has 2 aromatic heterocycles. The minimum absolute atomic E-state index is 0. The Morgan fingerprint density at radius 3 is 2.33 bits per heavy atom. The van der Waals surface area contributed by atoms with Crippen molar-refractivity contribution in [2.75, 3.05) is 0 Å². The van der Waals surface area contributed by atoms with E-state index in [-0.39, 0.29) is 23.5 Å². The van der Waals surface area contributed by atoms with Crippen LogP contribution in [-0.2, 0) is 6.18 Å². The lowest BCUT2D eigenvalue weighted by Gasteiger charge is -2.08. The summed E-state index contributed by atoms with van der Waals surface area (Å²) >= 11 is 0. The molecule has 0 atom stereocenters. The fourth-order valence-corrected chi connectivity index (χ4v) is 2.12. The number of halogens is 4. The summed E-state index contributed by atoms with van der Waals surface area (Å²) in [6.07, 6.45) is -0.0939. The topological polar surface area (TPSA) is 58.6 Å². The molecule has 0 saturated heterocycles. The standard InChI is InChI=1S/C16H10F3N3O.ClH/c17-16(18,19)12-3-1-2-11(8-12)13-9-21-14(22-15(13)23)10-4-6-20-7-5-10;/h1-9H,(H,21,22,23);1H. The van der Waals surface area contributed by atoms with Crippen LogP contribution in [0.3, 0.4) is 0 Å². The molecule has 0 saturated carbocycles. The lowest BCUT2D eigenvalue weighted by molar-refractivity contribution is -0.137. The molecular formula is C16H11ClF3N3O. The first kappa shape index (κ1) is 17.7. The Kier molecular flexibility index (Phi) is 5.04. The smallest absolute Gasteiger partial charge is 0.306 e. The predicted molar refractivity (Wildman–Crippen MR) is 85.8 cm³/mol. The van der Waals surface area contributed by atoms with Gasteiger partial charge in [-0.2, -0.15) is 13.2 Å². The molecule has 124 valence electrons. The van der Waals surface area contributed by atoms with Gasteiger partial charge in [-0.15, -0.1) is 12.4 Å². The third kappa shape index (κ3) is 3.62. The minimum atomic E-state index is -4.47. The van der Waals surface area contributed by atoms with E-state index in [4.69, 9.17) is 0 Å². The number of aromatic nitrogens is 3. The Hall–Kier alpha value is -2.67. The van der Waals surface area contributed by atoms with Crippen molar-refractivity contribution in [3.05, 3.63) is 70.9 Å². The van der Waals surface area contributed by atoms with Gasteiger partial charge in [-0.25, -0.2) is 4.98 Å². The molecule has 0 aliphatic carbocycles. The summed E-state index contributed by atoms with van der Waals surface area (Å²) < 4.78 is 38.3. The first-order chi connectivity index (χ1) is 10.9. The van der Waals surface area contributed by atoms with Crippen LogP contribution in [0.1, 0.15) is 5.56 Å². The number of nitrogens with one attached hydrogen (secondary N) is 1. The average Bonchev–Trinajstić information content (AvgIpc) is 2.55. The molecule has 0 bridgehead atoms. The predicted octanol–water partition coefficient (Wildman–Crippen LogP) is 3.94. The number of nitrogens with zero attached hydrogens (tertiary/aromatic N) is 2. The molecule has 0 spiro atoms. The lowest BCUT2D eigenvalue weighted by Crippen LogP contribution is -2.12. The molecule has 0 amide bonds. The van der Waals surface area contributed by atoms with Gasteiger partial charge in [-0.3, -0.25) is 9.78 Å². The van der Waals surface area contributed by atoms with Crippen LogP contribution in [0.15, 0.2) is 59.8 Å². The first-order valence-electron chi connectivity index (χ1n) is 6.62. The highest BCUT2D eigenvalue weighted by Crippen LogP contribution is 2.31. The van der Waals surface area contributed by atoms with Crippen molar-refractivity contribution in [3.63, 3.8) is 0 Å². The molecule has 0 aliphatic rings. The van der Waals surface area contributed by atoms with Crippen LogP contribution in [0.5, 0.6) is 0 Å². The molecule has 2 heterocycles. The Morgan fingerprint density at radius 2 is 1.71 bits per heavy atom. The lowest BCUT2D eigenvalue weighted by atomic mass is 10.1. The van der Waals surface area contributed by atoms with E-state index in [1.165, 1.54) is 18.3 Å². The highest BCUT2D eigenvalue weighted by molar-refractivity contribution is 5.85. The second-order valence-corrected chi connectivity index (χ2v) is 4.79. The molecule has 0 fully saturated rings. The summed E-state index contributed by atoms with van der Waals surface area (Å²) in [5, 5.41) is 0. The van der Waals surface area contributed by atoms with Gasteiger partial charge in [0.2, 0.25) is 0 Å². The van der Waals surface area contributed by atoms with Crippen LogP contribution in [0.2, 0.25) is 0 Å². The van der Waals surface area contributed by atoms with E-state index in [2.05, 4.69) is 15.0 Å². The van der Waals surface area contributed by atoms with E-state index in [0.717, 1.165) is 12.1 Å². The molecular weight excluding hydrogens is 343 g/mol. The molecule has 24 heavy (non-hydrogen) atoms. The van der Waals surface area contributed by atoms with E-state index in [9.17, 15) is 18.0 Å². The van der Waals surface area contributed by atoms with Gasteiger partial charge in [0, 0.05) is 24.2 Å². The molecule has 0 radical (unpaired) electrons. The fraction of sp³-hybridized carbons (Fsp3) is 0.0625. The number of pyridine rings is 1. The van der Waals surface area contributed by atoms with Gasteiger partial charge in [0.1, 0.15) is 5.82 Å². The van der Waals surface area contributed by atoms with Crippen molar-refractivity contribution in [2.45, 2.75) is 6.18 Å². The summed E-state index contributed by atoms with van der Waals surface area (Å²) in [5.74, 6) is 0.327. The summed E-state index contributed by atoms with van der Waals surface area (Å²) in [5.41, 5.74) is -0.421. The van der Waals surface area contributed by atoms with Gasteiger partial charge in [-0.05, 0) is 29.8 Å². The molecule has 4 nitrogen and oxygen atoms in total. The molecule has 3 aromatic rings. The van der Waals surface area contributed by atoms with Crippen LogP contribution in [0.4, 0.5) is 13.2 Å². The zero-order valence-electron chi connectivity index (χ0n) is 12.0. The summed E-state index contributed by atoms with van der Waals surface area (Å²) in [6, 6.07) is 7.92. The minimum Gasteiger partial charge on any atom is -0.306 e. The number of alkyl halides is 3. The molecule has 0 aliphatic heterocycles. The third-order valence-corrected chi connectivity index (χ3v) is 3.25. The summed E-state index contributed by atoms with van der Waals surface area (Å²) in [4.78, 5) is 22.7. The van der Waals surface area contributed by atoms with Crippen molar-refractivity contribution < 1.29 is 13.2 Å². The van der Waals surface area contributed by atoms with E-state index in [1.54, 1.807) is 24.5 Å². The van der Waals surface area contributed by atoms with Gasteiger partial charge in [0.25, 0.3) is 5.56 Å². The van der Waals surface area contributed by atoms with Crippen molar-refractivity contribution in [3.8, 4) is 22.5 Å². The Bertz CT molecular complexity index is 895. The van der Waals surface area contributed by atoms with Gasteiger partial charge >= 0.3 is 6.18 Å². The highest BCUT2D eigenvalue weighted by atomic mass is 35.5. The van der Waals surface area contributed by atoms with Crippen LogP contribution in [0, 0.1) is 0 Å². The van der Waals surface area contributed by atoms with Gasteiger partial charge in [-0.1, -0.05) is 12.1 Å². The number of hydrogen-bond donors (Lipinski definition) is 1. The number of rotatable bonds is 2. The maximum atomic E-state index is 12.8. The first-order valence-corrected chi connectivity index (χ1v) is 6.62. The molecule has 0 unspecified atom stereocenters. The van der Waals surface area contributed by atoms with Crippen molar-refractivity contribution in [2.24, 2.45) is 0 Å². The van der Waals surface area contributed by atoms with Gasteiger partial charge in [0.05, 0.1) is 11.1 Å². The Balaban J connectivity index is 0.00000208. The van der Waals surface area contributed by atoms with Crippen molar-refractivity contribution in [1.29, 1.82) is 0 Å². The molecule has 3 rings (SSSR count). The van der Waals surface area contributed by atoms with Gasteiger partial charge in [0.15, 0.2) is 0 Å². The second-order valence-electron chi connectivity index (χ2n) is 4.79. The van der Waals surface area contributed by atoms with Crippen molar-refractivity contribution >= 4 is 12.4 Å². The van der Waals surface area contributed by atoms with E-state index in [1.807, 2.05) is 0 Å². The van der Waals surface area contributed by atoms with E-state index in [0.29, 0.717) is 11.4 Å². The quantitative estimate of drug-likeness (QED) is 0.759. The highest BCUT2D eigenvalue weighted by Gasteiger charge is 2.30. The zero-order chi connectivity index (χ0) is 16.4. The molecule has 8 heteroatoms. The maximum Gasteiger partial charge on any atom is 0.416 e. The number of benzene rings is 1. The SMILES string of the molecule is Cl.O=c1[nH]c(-c2ccncc2)ncc1-c1cccc(C(F)(F)F)c1. The largest absolute Gasteiger partial charge is 0.416 e.